The molecule has 19 heavy (non-hydrogen) atoms. The molecule has 1 aromatic heterocycles. The van der Waals surface area contributed by atoms with Crippen LogP contribution in [0.25, 0.3) is 0 Å². The Kier molecular flexibility index (Phi) is 5.11. The monoisotopic (exact) mass is 309 g/mol. The first-order valence-electron chi connectivity index (χ1n) is 4.91. The van der Waals surface area contributed by atoms with Crippen molar-refractivity contribution >= 4 is 38.5 Å². The third-order valence-electron chi connectivity index (χ3n) is 1.90. The predicted molar refractivity (Wildman–Crippen MR) is 65.6 cm³/mol. The van der Waals surface area contributed by atoms with Crippen LogP contribution in [-0.4, -0.2) is 58.4 Å². The van der Waals surface area contributed by atoms with E-state index in [2.05, 4.69) is 25.4 Å². The van der Waals surface area contributed by atoms with Gasteiger partial charge in [0.25, 0.3) is 0 Å². The molecule has 12 heteroatoms. The SMILES string of the molecule is CS(=O)(=O)CCC(NC(=O)Nc1nnns1)C(=O)O. The minimum absolute atomic E-state index is 0.102. The van der Waals surface area contributed by atoms with Gasteiger partial charge < -0.3 is 10.4 Å². The largest absolute Gasteiger partial charge is 0.480 e. The van der Waals surface area contributed by atoms with Crippen LogP contribution in [0, 0.1) is 0 Å². The molecule has 0 saturated heterocycles. The van der Waals surface area contributed by atoms with Crippen molar-refractivity contribution in [3.8, 4) is 0 Å². The van der Waals surface area contributed by atoms with Gasteiger partial charge in [-0.15, -0.1) is 0 Å². The van der Waals surface area contributed by atoms with Gasteiger partial charge in [0.1, 0.15) is 15.9 Å². The van der Waals surface area contributed by atoms with Crippen molar-refractivity contribution in [1.29, 1.82) is 0 Å². The van der Waals surface area contributed by atoms with Gasteiger partial charge in [-0.1, -0.05) is 9.59 Å². The van der Waals surface area contributed by atoms with Gasteiger partial charge in [-0.05, 0) is 11.6 Å². The van der Waals surface area contributed by atoms with Crippen LogP contribution < -0.4 is 10.6 Å². The van der Waals surface area contributed by atoms with Crippen LogP contribution in [0.2, 0.25) is 0 Å². The Hall–Kier alpha value is -1.82. The highest BCUT2D eigenvalue weighted by atomic mass is 32.2. The first kappa shape index (κ1) is 15.2. The number of nitrogens with one attached hydrogen (secondary N) is 2. The lowest BCUT2D eigenvalue weighted by molar-refractivity contribution is -0.139. The number of anilines is 1. The molecule has 0 spiro atoms. The fourth-order valence-corrected chi connectivity index (χ4v) is 2.09. The summed E-state index contributed by atoms with van der Waals surface area (Å²) in [6.45, 7) is 0. The van der Waals surface area contributed by atoms with E-state index in [1.54, 1.807) is 0 Å². The van der Waals surface area contributed by atoms with Gasteiger partial charge >= 0.3 is 12.0 Å². The number of hydrogen-bond acceptors (Lipinski definition) is 8. The first-order chi connectivity index (χ1) is 8.78. The minimum Gasteiger partial charge on any atom is -0.480 e. The van der Waals surface area contributed by atoms with Gasteiger partial charge in [-0.2, -0.15) is 0 Å². The van der Waals surface area contributed by atoms with Gasteiger partial charge in [0.05, 0.1) is 5.75 Å². The smallest absolute Gasteiger partial charge is 0.326 e. The number of aliphatic carboxylic acids is 1. The van der Waals surface area contributed by atoms with Crippen molar-refractivity contribution in [2.24, 2.45) is 0 Å². The molecule has 0 fully saturated rings. The average molecular weight is 309 g/mol. The van der Waals surface area contributed by atoms with E-state index in [0.717, 1.165) is 17.8 Å². The second kappa shape index (κ2) is 6.38. The summed E-state index contributed by atoms with van der Waals surface area (Å²) < 4.78 is 25.3. The summed E-state index contributed by atoms with van der Waals surface area (Å²) in [6, 6.07) is -2.13. The zero-order valence-corrected chi connectivity index (χ0v) is 11.4. The summed E-state index contributed by atoms with van der Waals surface area (Å²) in [6.07, 6.45) is 0.759. The molecule has 1 rings (SSSR count). The number of carboxylic acids is 1. The highest BCUT2D eigenvalue weighted by molar-refractivity contribution is 7.90. The predicted octanol–water partition coefficient (Wildman–Crippen LogP) is -1.06. The molecule has 3 N–H and O–H groups in total. The van der Waals surface area contributed by atoms with E-state index in [-0.39, 0.29) is 17.3 Å². The summed E-state index contributed by atoms with van der Waals surface area (Å²) in [5.41, 5.74) is 0. The standard InChI is InChI=1S/C7H11N5O5S2/c1-19(16,17)3-2-4(5(13)14)8-6(15)9-7-10-11-12-18-7/h4H,2-3H2,1H3,(H,13,14)(H2,8,9,10,12,15). The Bertz CT molecular complexity index is 542. The van der Waals surface area contributed by atoms with Gasteiger partial charge in [0.2, 0.25) is 5.13 Å². The maximum atomic E-state index is 11.4. The Balaban J connectivity index is 2.53. The number of carbonyl (C=O) groups excluding carboxylic acids is 1. The third-order valence-corrected chi connectivity index (χ3v) is 3.39. The first-order valence-corrected chi connectivity index (χ1v) is 7.74. The molecule has 106 valence electrons. The molecule has 0 aromatic carbocycles. The van der Waals surface area contributed by atoms with Crippen LogP contribution in [0.15, 0.2) is 0 Å². The highest BCUT2D eigenvalue weighted by Gasteiger charge is 2.22. The van der Waals surface area contributed by atoms with Crippen molar-refractivity contribution in [2.75, 3.05) is 17.3 Å². The lowest BCUT2D eigenvalue weighted by atomic mass is 10.2. The molecule has 0 saturated carbocycles. The molecule has 1 unspecified atom stereocenters. The van der Waals surface area contributed by atoms with E-state index in [9.17, 15) is 18.0 Å². The Morgan fingerprint density at radius 3 is 2.63 bits per heavy atom. The number of sulfone groups is 1. The second-order valence-electron chi connectivity index (χ2n) is 3.58. The van der Waals surface area contributed by atoms with Crippen LogP contribution in [0.1, 0.15) is 6.42 Å². The van der Waals surface area contributed by atoms with E-state index in [0.29, 0.717) is 0 Å². The van der Waals surface area contributed by atoms with Crippen molar-refractivity contribution in [2.45, 2.75) is 12.5 Å². The molecule has 0 aliphatic rings. The van der Waals surface area contributed by atoms with Crippen LogP contribution in [0.5, 0.6) is 0 Å². The fraction of sp³-hybridized carbons (Fsp3) is 0.571. The van der Waals surface area contributed by atoms with Crippen molar-refractivity contribution in [1.82, 2.24) is 20.1 Å². The third kappa shape index (κ3) is 6.05. The number of aromatic nitrogens is 3. The summed E-state index contributed by atoms with van der Waals surface area (Å²) in [4.78, 5) is 22.3. The maximum Gasteiger partial charge on any atom is 0.326 e. The molecular weight excluding hydrogens is 298 g/mol. The maximum absolute atomic E-state index is 11.4. The topological polar surface area (TPSA) is 151 Å². The zero-order valence-electron chi connectivity index (χ0n) is 9.73. The molecule has 0 aliphatic heterocycles. The van der Waals surface area contributed by atoms with Gasteiger partial charge in [0, 0.05) is 17.8 Å². The zero-order chi connectivity index (χ0) is 14.5. The summed E-state index contributed by atoms with van der Waals surface area (Å²) in [7, 11) is -3.30. The second-order valence-corrected chi connectivity index (χ2v) is 6.57. The summed E-state index contributed by atoms with van der Waals surface area (Å²) in [5.74, 6) is -1.67. The van der Waals surface area contributed by atoms with Gasteiger partial charge in [0.15, 0.2) is 0 Å². The van der Waals surface area contributed by atoms with E-state index in [1.807, 2.05) is 0 Å². The highest BCUT2D eigenvalue weighted by Crippen LogP contribution is 2.04. The van der Waals surface area contributed by atoms with Gasteiger partial charge in [-0.25, -0.2) is 18.0 Å². The molecule has 2 amide bonds. The number of carbonyl (C=O) groups is 2. The molecule has 1 atom stereocenters. The number of rotatable bonds is 6. The number of amides is 2. The van der Waals surface area contributed by atoms with E-state index in [4.69, 9.17) is 5.11 Å². The Labute approximate surface area is 112 Å². The molecule has 0 bridgehead atoms. The number of nitrogens with zero attached hydrogens (tertiary/aromatic N) is 3. The molecule has 1 heterocycles. The van der Waals surface area contributed by atoms with E-state index >= 15 is 0 Å². The van der Waals surface area contributed by atoms with Crippen molar-refractivity contribution < 1.29 is 23.1 Å². The number of hydrogen-bond donors (Lipinski definition) is 3. The molecule has 0 aliphatic carbocycles. The van der Waals surface area contributed by atoms with Crippen molar-refractivity contribution in [3.05, 3.63) is 0 Å². The minimum atomic E-state index is -3.30. The van der Waals surface area contributed by atoms with Crippen LogP contribution in [-0.2, 0) is 14.6 Å². The molecule has 0 radical (unpaired) electrons. The normalized spacial score (nSPS) is 12.7. The van der Waals surface area contributed by atoms with E-state index < -0.39 is 27.9 Å². The summed E-state index contributed by atoms with van der Waals surface area (Å²) in [5, 5.41) is 20.0. The molecular formula is C7H11N5O5S2. The van der Waals surface area contributed by atoms with Crippen molar-refractivity contribution in [3.63, 3.8) is 0 Å². The number of carboxylic acid groups (broad SMARTS) is 1. The fourth-order valence-electron chi connectivity index (χ4n) is 1.06. The lowest BCUT2D eigenvalue weighted by Gasteiger charge is -2.13. The van der Waals surface area contributed by atoms with Crippen LogP contribution >= 0.6 is 11.5 Å². The Morgan fingerprint density at radius 2 is 2.16 bits per heavy atom. The number of urea groups is 1. The molecule has 10 nitrogen and oxygen atoms in total. The van der Waals surface area contributed by atoms with Crippen LogP contribution in [0.4, 0.5) is 9.93 Å². The lowest BCUT2D eigenvalue weighted by Crippen LogP contribution is -2.43. The quantitative estimate of drug-likeness (QED) is 0.601. The van der Waals surface area contributed by atoms with Gasteiger partial charge in [-0.3, -0.25) is 5.32 Å². The van der Waals surface area contributed by atoms with Crippen LogP contribution in [0.3, 0.4) is 0 Å². The molecule has 1 aromatic rings. The Morgan fingerprint density at radius 1 is 1.47 bits per heavy atom. The average Bonchev–Trinajstić information content (AvgIpc) is 2.75. The summed E-state index contributed by atoms with van der Waals surface area (Å²) >= 11 is 0.817. The van der Waals surface area contributed by atoms with E-state index in [1.165, 1.54) is 0 Å².